The number of aromatic nitrogens is 2. The molecule has 0 aliphatic heterocycles. The molecule has 0 amide bonds. The molecule has 0 saturated heterocycles. The highest BCUT2D eigenvalue weighted by Gasteiger charge is 2.15. The zero-order valence-corrected chi connectivity index (χ0v) is 13.4. The molecule has 0 aliphatic carbocycles. The van der Waals surface area contributed by atoms with Crippen molar-refractivity contribution in [2.24, 2.45) is 0 Å². The first-order valence-corrected chi connectivity index (χ1v) is 7.39. The topological polar surface area (TPSA) is 60.9 Å². The zero-order valence-electron chi connectivity index (χ0n) is 11.1. The maximum Gasteiger partial charge on any atom is 0.273 e. The van der Waals surface area contributed by atoms with Crippen LogP contribution in [0.2, 0.25) is 5.02 Å². The number of fused-ring (bicyclic) bond motifs is 1. The van der Waals surface area contributed by atoms with Crippen molar-refractivity contribution in [2.75, 3.05) is 5.73 Å². The Morgan fingerprint density at radius 1 is 1.19 bits per heavy atom. The monoisotopic (exact) mass is 363 g/mol. The second kappa shape index (κ2) is 5.16. The summed E-state index contributed by atoms with van der Waals surface area (Å²) in [6.07, 6.45) is 0. The average molecular weight is 365 g/mol. The van der Waals surface area contributed by atoms with Gasteiger partial charge in [0.25, 0.3) is 5.56 Å². The van der Waals surface area contributed by atoms with Gasteiger partial charge in [-0.2, -0.15) is 0 Å². The van der Waals surface area contributed by atoms with Gasteiger partial charge in [0.2, 0.25) is 0 Å². The van der Waals surface area contributed by atoms with Crippen molar-refractivity contribution in [3.8, 4) is 5.69 Å². The summed E-state index contributed by atoms with van der Waals surface area (Å²) in [5.74, 6) is 0. The van der Waals surface area contributed by atoms with E-state index in [1.165, 1.54) is 4.57 Å². The fourth-order valence-electron chi connectivity index (χ4n) is 2.18. The van der Waals surface area contributed by atoms with E-state index in [9.17, 15) is 4.79 Å². The molecule has 2 heterocycles. The fraction of sp³-hybridized carbons (Fsp3) is 0.0667. The smallest absolute Gasteiger partial charge is 0.273 e. The van der Waals surface area contributed by atoms with Gasteiger partial charge in [-0.1, -0.05) is 11.6 Å². The molecule has 0 radical (unpaired) electrons. The van der Waals surface area contributed by atoms with E-state index < -0.39 is 0 Å². The van der Waals surface area contributed by atoms with Crippen LogP contribution in [0.4, 0.5) is 5.69 Å². The largest absolute Gasteiger partial charge is 0.397 e. The van der Waals surface area contributed by atoms with Gasteiger partial charge < -0.3 is 5.73 Å². The van der Waals surface area contributed by atoms with Crippen LogP contribution in [0.1, 0.15) is 5.69 Å². The normalized spacial score (nSPS) is 11.0. The second-order valence-corrected chi connectivity index (χ2v) is 5.90. The maximum atomic E-state index is 12.6. The minimum atomic E-state index is -0.250. The highest BCUT2D eigenvalue weighted by atomic mass is 79.9. The fourth-order valence-corrected chi connectivity index (χ4v) is 2.70. The summed E-state index contributed by atoms with van der Waals surface area (Å²) in [5.41, 5.74) is 8.20. The van der Waals surface area contributed by atoms with Gasteiger partial charge in [0.05, 0.1) is 11.4 Å². The SMILES string of the molecule is Cc1ccc2c(N)c(Br)c(=O)n(-c3ccc(Cl)cc3)c2n1. The predicted octanol–water partition coefficient (Wildman–Crippen LogP) is 3.69. The van der Waals surface area contributed by atoms with E-state index in [1.54, 1.807) is 24.3 Å². The highest BCUT2D eigenvalue weighted by molar-refractivity contribution is 9.10. The standard InChI is InChI=1S/C15H11BrClN3O/c1-8-2-7-11-13(18)12(16)15(21)20(14(11)19-8)10-5-3-9(17)4-6-10/h2-7H,18H2,1H3. The summed E-state index contributed by atoms with van der Waals surface area (Å²) in [7, 11) is 0. The van der Waals surface area contributed by atoms with Gasteiger partial charge in [0.15, 0.2) is 0 Å². The van der Waals surface area contributed by atoms with Gasteiger partial charge >= 0.3 is 0 Å². The van der Waals surface area contributed by atoms with Crippen molar-refractivity contribution >= 4 is 44.3 Å². The lowest BCUT2D eigenvalue weighted by atomic mass is 10.2. The Morgan fingerprint density at radius 3 is 2.52 bits per heavy atom. The molecule has 0 spiro atoms. The number of benzene rings is 1. The molecule has 0 atom stereocenters. The lowest BCUT2D eigenvalue weighted by molar-refractivity contribution is 0.998. The maximum absolute atomic E-state index is 12.6. The molecular formula is C15H11BrClN3O. The van der Waals surface area contributed by atoms with E-state index in [2.05, 4.69) is 20.9 Å². The zero-order chi connectivity index (χ0) is 15.1. The molecule has 4 nitrogen and oxygen atoms in total. The van der Waals surface area contributed by atoms with Crippen LogP contribution in [0.3, 0.4) is 0 Å². The van der Waals surface area contributed by atoms with E-state index in [0.29, 0.717) is 26.5 Å². The molecule has 3 aromatic rings. The van der Waals surface area contributed by atoms with Gasteiger partial charge in [-0.3, -0.25) is 9.36 Å². The first kappa shape index (κ1) is 14.1. The molecule has 21 heavy (non-hydrogen) atoms. The minimum absolute atomic E-state index is 0.250. The number of aryl methyl sites for hydroxylation is 1. The molecule has 0 saturated carbocycles. The Balaban J connectivity index is 2.48. The minimum Gasteiger partial charge on any atom is -0.397 e. The Bertz CT molecular complexity index is 903. The van der Waals surface area contributed by atoms with E-state index in [0.717, 1.165) is 11.1 Å². The van der Waals surface area contributed by atoms with Crippen molar-refractivity contribution in [1.82, 2.24) is 9.55 Å². The highest BCUT2D eigenvalue weighted by Crippen LogP contribution is 2.27. The predicted molar refractivity (Wildman–Crippen MR) is 89.2 cm³/mol. The molecule has 0 fully saturated rings. The number of anilines is 1. The van der Waals surface area contributed by atoms with Gasteiger partial charge in [0.1, 0.15) is 10.1 Å². The van der Waals surface area contributed by atoms with Crippen molar-refractivity contribution in [3.05, 3.63) is 61.9 Å². The summed E-state index contributed by atoms with van der Waals surface area (Å²) >= 11 is 9.18. The summed E-state index contributed by atoms with van der Waals surface area (Å²) in [4.78, 5) is 17.0. The lowest BCUT2D eigenvalue weighted by Gasteiger charge is -2.13. The van der Waals surface area contributed by atoms with Crippen LogP contribution in [0.15, 0.2) is 45.7 Å². The number of nitrogens with zero attached hydrogens (tertiary/aromatic N) is 2. The Hall–Kier alpha value is -1.85. The van der Waals surface area contributed by atoms with Crippen LogP contribution in [-0.4, -0.2) is 9.55 Å². The van der Waals surface area contributed by atoms with Crippen LogP contribution < -0.4 is 11.3 Å². The van der Waals surface area contributed by atoms with Gasteiger partial charge in [-0.15, -0.1) is 0 Å². The number of halogens is 2. The quantitative estimate of drug-likeness (QED) is 0.716. The average Bonchev–Trinajstić information content (AvgIpc) is 2.47. The molecule has 2 aromatic heterocycles. The van der Waals surface area contributed by atoms with E-state index in [-0.39, 0.29) is 5.56 Å². The Labute approximate surface area is 134 Å². The number of hydrogen-bond donors (Lipinski definition) is 1. The van der Waals surface area contributed by atoms with Gasteiger partial charge in [-0.05, 0) is 59.3 Å². The number of rotatable bonds is 1. The van der Waals surface area contributed by atoms with Gasteiger partial charge in [0, 0.05) is 16.1 Å². The first-order chi connectivity index (χ1) is 9.99. The molecule has 3 rings (SSSR count). The molecule has 106 valence electrons. The molecule has 0 aliphatic rings. The summed E-state index contributed by atoms with van der Waals surface area (Å²) in [6, 6.07) is 10.7. The number of nitrogens with two attached hydrogens (primary N) is 1. The van der Waals surface area contributed by atoms with E-state index >= 15 is 0 Å². The van der Waals surface area contributed by atoms with E-state index in [1.807, 2.05) is 19.1 Å². The third-order valence-corrected chi connectivity index (χ3v) is 4.25. The molecule has 6 heteroatoms. The first-order valence-electron chi connectivity index (χ1n) is 6.22. The third-order valence-electron chi connectivity index (χ3n) is 3.23. The number of pyridine rings is 2. The van der Waals surface area contributed by atoms with Crippen molar-refractivity contribution in [1.29, 1.82) is 0 Å². The van der Waals surface area contributed by atoms with Crippen molar-refractivity contribution in [2.45, 2.75) is 6.92 Å². The molecule has 1 aromatic carbocycles. The van der Waals surface area contributed by atoms with Crippen LogP contribution in [0.25, 0.3) is 16.7 Å². The number of hydrogen-bond acceptors (Lipinski definition) is 3. The van der Waals surface area contributed by atoms with E-state index in [4.69, 9.17) is 17.3 Å². The van der Waals surface area contributed by atoms with Crippen molar-refractivity contribution < 1.29 is 0 Å². The summed E-state index contributed by atoms with van der Waals surface area (Å²) < 4.78 is 1.86. The molecule has 2 N–H and O–H groups in total. The van der Waals surface area contributed by atoms with Crippen molar-refractivity contribution in [3.63, 3.8) is 0 Å². The third kappa shape index (κ3) is 2.32. The molecule has 0 bridgehead atoms. The van der Waals surface area contributed by atoms with Crippen LogP contribution in [0.5, 0.6) is 0 Å². The van der Waals surface area contributed by atoms with Crippen LogP contribution >= 0.6 is 27.5 Å². The summed E-state index contributed by atoms with van der Waals surface area (Å²) in [5, 5.41) is 1.33. The Morgan fingerprint density at radius 2 is 1.86 bits per heavy atom. The van der Waals surface area contributed by atoms with Gasteiger partial charge in [-0.25, -0.2) is 4.98 Å². The Kier molecular flexibility index (Phi) is 3.47. The second-order valence-electron chi connectivity index (χ2n) is 4.67. The summed E-state index contributed by atoms with van der Waals surface area (Å²) in [6.45, 7) is 1.87. The lowest BCUT2D eigenvalue weighted by Crippen LogP contribution is -2.22. The van der Waals surface area contributed by atoms with Crippen LogP contribution in [-0.2, 0) is 0 Å². The molecular weight excluding hydrogens is 354 g/mol. The van der Waals surface area contributed by atoms with Crippen LogP contribution in [0, 0.1) is 6.92 Å². The number of nitrogen functional groups attached to an aromatic ring is 1. The molecule has 0 unspecified atom stereocenters.